The van der Waals surface area contributed by atoms with Crippen LogP contribution in [0.3, 0.4) is 0 Å². The normalized spacial score (nSPS) is 10.7. The van der Waals surface area contributed by atoms with E-state index in [9.17, 15) is 4.79 Å². The van der Waals surface area contributed by atoms with Gasteiger partial charge in [0.15, 0.2) is 5.78 Å². The van der Waals surface area contributed by atoms with Crippen molar-refractivity contribution in [3.63, 3.8) is 0 Å². The van der Waals surface area contributed by atoms with Gasteiger partial charge < -0.3 is 9.64 Å². The van der Waals surface area contributed by atoms with Gasteiger partial charge in [0.05, 0.1) is 6.61 Å². The fraction of sp³-hybridized carbons (Fsp3) is 0.562. The lowest BCUT2D eigenvalue weighted by atomic mass is 10.1. The van der Waals surface area contributed by atoms with Crippen molar-refractivity contribution in [2.75, 3.05) is 26.2 Å². The van der Waals surface area contributed by atoms with Crippen molar-refractivity contribution in [3.8, 4) is 5.75 Å². The Bertz CT molecular complexity index is 369. The summed E-state index contributed by atoms with van der Waals surface area (Å²) < 4.78 is 5.68. The highest BCUT2D eigenvalue weighted by Gasteiger charge is 2.03. The van der Waals surface area contributed by atoms with Crippen molar-refractivity contribution in [1.82, 2.24) is 4.90 Å². The summed E-state index contributed by atoms with van der Waals surface area (Å²) >= 11 is 0. The number of hydrogen-bond donors (Lipinski definition) is 0. The maximum atomic E-state index is 11.5. The van der Waals surface area contributed by atoms with Gasteiger partial charge in [-0.2, -0.15) is 0 Å². The van der Waals surface area contributed by atoms with Gasteiger partial charge in [0, 0.05) is 18.5 Å². The minimum absolute atomic E-state index is 0.174. The monoisotopic (exact) mass is 263 g/mol. The molecular weight excluding hydrogens is 238 g/mol. The molecule has 1 aromatic rings. The molecule has 106 valence electrons. The van der Waals surface area contributed by atoms with E-state index in [-0.39, 0.29) is 5.78 Å². The van der Waals surface area contributed by atoms with Crippen molar-refractivity contribution < 1.29 is 9.53 Å². The van der Waals surface area contributed by atoms with E-state index in [2.05, 4.69) is 18.7 Å². The standard InChI is InChI=1S/C16H25NO2/c1-4-16(18)14-8-10-15(11-9-14)19-13-7-12-17(5-2)6-3/h8-11H,4-7,12-13H2,1-3H3. The third-order valence-corrected chi connectivity index (χ3v) is 3.28. The third kappa shape index (κ3) is 5.43. The van der Waals surface area contributed by atoms with Gasteiger partial charge >= 0.3 is 0 Å². The first-order valence-electron chi connectivity index (χ1n) is 7.19. The molecule has 0 bridgehead atoms. The Hall–Kier alpha value is -1.35. The number of nitrogens with zero attached hydrogens (tertiary/aromatic N) is 1. The van der Waals surface area contributed by atoms with Gasteiger partial charge in [-0.15, -0.1) is 0 Å². The predicted octanol–water partition coefficient (Wildman–Crippen LogP) is 3.39. The Morgan fingerprint density at radius 1 is 1.11 bits per heavy atom. The average molecular weight is 263 g/mol. The van der Waals surface area contributed by atoms with E-state index in [0.29, 0.717) is 6.42 Å². The molecule has 0 aliphatic carbocycles. The van der Waals surface area contributed by atoms with E-state index in [1.807, 2.05) is 31.2 Å². The minimum atomic E-state index is 0.174. The quantitative estimate of drug-likeness (QED) is 0.505. The highest BCUT2D eigenvalue weighted by Crippen LogP contribution is 2.13. The van der Waals surface area contributed by atoms with Crippen LogP contribution in [-0.2, 0) is 0 Å². The van der Waals surface area contributed by atoms with Crippen LogP contribution in [0.4, 0.5) is 0 Å². The molecule has 0 heterocycles. The van der Waals surface area contributed by atoms with E-state index in [1.165, 1.54) is 0 Å². The largest absolute Gasteiger partial charge is 0.494 e. The molecule has 0 unspecified atom stereocenters. The zero-order valence-electron chi connectivity index (χ0n) is 12.3. The summed E-state index contributed by atoms with van der Waals surface area (Å²) in [5, 5.41) is 0. The molecule has 0 N–H and O–H groups in total. The second-order valence-corrected chi connectivity index (χ2v) is 4.53. The SMILES string of the molecule is CCC(=O)c1ccc(OCCCN(CC)CC)cc1. The van der Waals surface area contributed by atoms with Crippen LogP contribution in [0.2, 0.25) is 0 Å². The molecule has 0 saturated carbocycles. The molecule has 1 rings (SSSR count). The summed E-state index contributed by atoms with van der Waals surface area (Å²) in [6.07, 6.45) is 1.57. The van der Waals surface area contributed by atoms with Crippen LogP contribution in [0.1, 0.15) is 44.0 Å². The molecule has 0 atom stereocenters. The topological polar surface area (TPSA) is 29.5 Å². The van der Waals surface area contributed by atoms with Crippen LogP contribution in [0.5, 0.6) is 5.75 Å². The fourth-order valence-corrected chi connectivity index (χ4v) is 1.96. The average Bonchev–Trinajstić information content (AvgIpc) is 2.47. The smallest absolute Gasteiger partial charge is 0.162 e. The van der Waals surface area contributed by atoms with Gasteiger partial charge in [-0.3, -0.25) is 4.79 Å². The Morgan fingerprint density at radius 3 is 2.26 bits per heavy atom. The second kappa shape index (κ2) is 8.70. The number of carbonyl (C=O) groups is 1. The number of rotatable bonds is 9. The Kier molecular flexibility index (Phi) is 7.19. The molecule has 0 saturated heterocycles. The first-order chi connectivity index (χ1) is 9.21. The molecule has 0 aliphatic heterocycles. The van der Waals surface area contributed by atoms with Gasteiger partial charge in [-0.1, -0.05) is 20.8 Å². The van der Waals surface area contributed by atoms with Gasteiger partial charge in [-0.05, 0) is 43.8 Å². The molecule has 0 spiro atoms. The van der Waals surface area contributed by atoms with Crippen LogP contribution < -0.4 is 4.74 Å². The summed E-state index contributed by atoms with van der Waals surface area (Å²) in [6.45, 7) is 10.2. The molecule has 0 fully saturated rings. The number of hydrogen-bond acceptors (Lipinski definition) is 3. The van der Waals surface area contributed by atoms with Crippen LogP contribution >= 0.6 is 0 Å². The second-order valence-electron chi connectivity index (χ2n) is 4.53. The van der Waals surface area contributed by atoms with E-state index in [4.69, 9.17) is 4.74 Å². The number of carbonyl (C=O) groups excluding carboxylic acids is 1. The highest BCUT2D eigenvalue weighted by atomic mass is 16.5. The molecule has 19 heavy (non-hydrogen) atoms. The lowest BCUT2D eigenvalue weighted by molar-refractivity contribution is 0.0988. The predicted molar refractivity (Wildman–Crippen MR) is 79.0 cm³/mol. The van der Waals surface area contributed by atoms with E-state index < -0.39 is 0 Å². The van der Waals surface area contributed by atoms with Crippen molar-refractivity contribution in [1.29, 1.82) is 0 Å². The number of ether oxygens (including phenoxy) is 1. The Morgan fingerprint density at radius 2 is 1.74 bits per heavy atom. The van der Waals surface area contributed by atoms with E-state index >= 15 is 0 Å². The third-order valence-electron chi connectivity index (χ3n) is 3.28. The molecule has 0 radical (unpaired) electrons. The first-order valence-corrected chi connectivity index (χ1v) is 7.19. The van der Waals surface area contributed by atoms with Gasteiger partial charge in [0.25, 0.3) is 0 Å². The zero-order chi connectivity index (χ0) is 14.1. The molecule has 0 aliphatic rings. The highest BCUT2D eigenvalue weighted by molar-refractivity contribution is 5.95. The lowest BCUT2D eigenvalue weighted by Gasteiger charge is -2.17. The molecule has 1 aromatic carbocycles. The molecule has 0 amide bonds. The van der Waals surface area contributed by atoms with Crippen molar-refractivity contribution in [2.24, 2.45) is 0 Å². The van der Waals surface area contributed by atoms with Gasteiger partial charge in [0.1, 0.15) is 5.75 Å². The number of Topliss-reactive ketones (excluding diaryl/α,β-unsaturated/α-hetero) is 1. The van der Waals surface area contributed by atoms with Crippen molar-refractivity contribution in [3.05, 3.63) is 29.8 Å². The Labute approximate surface area is 116 Å². The van der Waals surface area contributed by atoms with Crippen molar-refractivity contribution in [2.45, 2.75) is 33.6 Å². The molecular formula is C16H25NO2. The van der Waals surface area contributed by atoms with Crippen LogP contribution in [0.25, 0.3) is 0 Å². The summed E-state index contributed by atoms with van der Waals surface area (Å²) in [5.74, 6) is 1.01. The number of benzene rings is 1. The van der Waals surface area contributed by atoms with E-state index in [1.54, 1.807) is 0 Å². The van der Waals surface area contributed by atoms with Crippen LogP contribution in [-0.4, -0.2) is 36.9 Å². The summed E-state index contributed by atoms with van der Waals surface area (Å²) in [4.78, 5) is 13.9. The fourth-order valence-electron chi connectivity index (χ4n) is 1.96. The van der Waals surface area contributed by atoms with Gasteiger partial charge in [-0.25, -0.2) is 0 Å². The maximum Gasteiger partial charge on any atom is 0.162 e. The Balaban J connectivity index is 2.32. The summed E-state index contributed by atoms with van der Waals surface area (Å²) in [6, 6.07) is 7.43. The zero-order valence-corrected chi connectivity index (χ0v) is 12.3. The molecule has 3 heteroatoms. The summed E-state index contributed by atoms with van der Waals surface area (Å²) in [7, 11) is 0. The maximum absolute atomic E-state index is 11.5. The lowest BCUT2D eigenvalue weighted by Crippen LogP contribution is -2.25. The number of ketones is 1. The van der Waals surface area contributed by atoms with Crippen molar-refractivity contribution >= 4 is 5.78 Å². The van der Waals surface area contributed by atoms with Crippen LogP contribution in [0.15, 0.2) is 24.3 Å². The van der Waals surface area contributed by atoms with Crippen LogP contribution in [0, 0.1) is 0 Å². The van der Waals surface area contributed by atoms with E-state index in [0.717, 1.165) is 44.0 Å². The molecule has 3 nitrogen and oxygen atoms in total. The molecule has 0 aromatic heterocycles. The minimum Gasteiger partial charge on any atom is -0.494 e. The summed E-state index contributed by atoms with van der Waals surface area (Å²) in [5.41, 5.74) is 0.762. The van der Waals surface area contributed by atoms with Gasteiger partial charge in [0.2, 0.25) is 0 Å². The first kappa shape index (κ1) is 15.7.